The Morgan fingerprint density at radius 3 is 1.50 bits per heavy atom. The third-order valence-electron chi connectivity index (χ3n) is 1.72. The summed E-state index contributed by atoms with van der Waals surface area (Å²) in [5.41, 5.74) is 0. The van der Waals surface area contributed by atoms with Crippen molar-refractivity contribution in [3.05, 3.63) is 52.8 Å². The molecule has 10 heteroatoms. The van der Waals surface area contributed by atoms with E-state index in [1.807, 2.05) is 0 Å². The SMILES string of the molecule is Clc1cc(Cl)c(Cl)nc1Cl.Clc1cnc(Cl)c(Cl)c1Cl. The Morgan fingerprint density at radius 2 is 1.10 bits per heavy atom. The first kappa shape index (κ1) is 18.7. The van der Waals surface area contributed by atoms with Crippen molar-refractivity contribution < 1.29 is 0 Å². The Balaban J connectivity index is 0.000000200. The molecule has 0 N–H and O–H groups in total. The molecule has 20 heavy (non-hydrogen) atoms. The van der Waals surface area contributed by atoms with Gasteiger partial charge in [0.1, 0.15) is 15.5 Å². The maximum Gasteiger partial charge on any atom is 0.149 e. The zero-order valence-corrected chi connectivity index (χ0v) is 15.1. The van der Waals surface area contributed by atoms with Crippen molar-refractivity contribution in [3.8, 4) is 0 Å². The number of aromatic nitrogens is 2. The van der Waals surface area contributed by atoms with Gasteiger partial charge in [0, 0.05) is 6.20 Å². The second-order valence-corrected chi connectivity index (χ2v) is 6.11. The fourth-order valence-corrected chi connectivity index (χ4v) is 2.20. The molecule has 0 atom stereocenters. The maximum atomic E-state index is 5.59. The summed E-state index contributed by atoms with van der Waals surface area (Å²) in [6, 6.07) is 1.45. The second kappa shape index (κ2) is 8.30. The van der Waals surface area contributed by atoms with Crippen LogP contribution in [0.1, 0.15) is 0 Å². The Bertz CT molecular complexity index is 554. The van der Waals surface area contributed by atoms with Gasteiger partial charge in [-0.1, -0.05) is 92.8 Å². The number of rotatable bonds is 0. The van der Waals surface area contributed by atoms with Crippen LogP contribution in [0.25, 0.3) is 0 Å². The van der Waals surface area contributed by atoms with Gasteiger partial charge in [-0.25, -0.2) is 9.97 Å². The van der Waals surface area contributed by atoms with Crippen molar-refractivity contribution in [3.63, 3.8) is 0 Å². The number of hydrogen-bond acceptors (Lipinski definition) is 2. The highest BCUT2D eigenvalue weighted by atomic mass is 35.5. The van der Waals surface area contributed by atoms with E-state index in [-0.39, 0.29) is 25.5 Å². The van der Waals surface area contributed by atoms with Crippen molar-refractivity contribution in [1.29, 1.82) is 0 Å². The van der Waals surface area contributed by atoms with Crippen LogP contribution < -0.4 is 0 Å². The van der Waals surface area contributed by atoms with Gasteiger partial charge in [-0.15, -0.1) is 0 Å². The lowest BCUT2D eigenvalue weighted by Gasteiger charge is -1.97. The largest absolute Gasteiger partial charge is 0.241 e. The van der Waals surface area contributed by atoms with E-state index in [0.29, 0.717) is 15.1 Å². The van der Waals surface area contributed by atoms with Gasteiger partial charge in [0.05, 0.1) is 25.1 Å². The molecule has 0 bridgehead atoms. The third kappa shape index (κ3) is 5.11. The molecule has 0 amide bonds. The number of nitrogens with zero attached hydrogens (tertiary/aromatic N) is 2. The standard InChI is InChI=1S/2C5HCl4N/c6-2-1-10-5(9)4(8)3(2)7;6-2-1-3(7)5(9)10-4(2)8/h2*1H. The molecular weight excluding hydrogens is 432 g/mol. The van der Waals surface area contributed by atoms with Gasteiger partial charge < -0.3 is 0 Å². The first-order valence-corrected chi connectivity index (χ1v) is 7.58. The van der Waals surface area contributed by atoms with Gasteiger partial charge in [-0.3, -0.25) is 0 Å². The van der Waals surface area contributed by atoms with E-state index in [4.69, 9.17) is 92.8 Å². The summed E-state index contributed by atoms with van der Waals surface area (Å²) >= 11 is 44.3. The summed E-state index contributed by atoms with van der Waals surface area (Å²) in [5.74, 6) is 0. The molecule has 108 valence electrons. The molecular formula is C10H2Cl8N2. The molecule has 2 aromatic rings. The van der Waals surface area contributed by atoms with Crippen LogP contribution in [-0.4, -0.2) is 9.97 Å². The number of pyridine rings is 2. The Labute approximate surface area is 154 Å². The van der Waals surface area contributed by atoms with Gasteiger partial charge in [0.25, 0.3) is 0 Å². The van der Waals surface area contributed by atoms with E-state index < -0.39 is 0 Å². The Morgan fingerprint density at radius 1 is 0.600 bits per heavy atom. The predicted molar refractivity (Wildman–Crippen MR) is 88.6 cm³/mol. The van der Waals surface area contributed by atoms with Crippen molar-refractivity contribution in [1.82, 2.24) is 9.97 Å². The summed E-state index contributed by atoms with van der Waals surface area (Å²) < 4.78 is 0. The summed E-state index contributed by atoms with van der Waals surface area (Å²) in [7, 11) is 0. The van der Waals surface area contributed by atoms with E-state index in [2.05, 4.69) is 9.97 Å². The van der Waals surface area contributed by atoms with Crippen molar-refractivity contribution in [2.45, 2.75) is 0 Å². The van der Waals surface area contributed by atoms with Crippen LogP contribution >= 0.6 is 92.8 Å². The van der Waals surface area contributed by atoms with Crippen LogP contribution in [0.5, 0.6) is 0 Å². The lowest BCUT2D eigenvalue weighted by molar-refractivity contribution is 1.33. The van der Waals surface area contributed by atoms with E-state index >= 15 is 0 Å². The predicted octanol–water partition coefficient (Wildman–Crippen LogP) is 7.39. The molecule has 0 unspecified atom stereocenters. The second-order valence-electron chi connectivity index (χ2n) is 3.06. The third-order valence-corrected chi connectivity index (χ3v) is 4.69. The minimum absolute atomic E-state index is 0.163. The first-order chi connectivity index (χ1) is 9.23. The average molecular weight is 434 g/mol. The smallest absolute Gasteiger partial charge is 0.149 e. The van der Waals surface area contributed by atoms with Crippen molar-refractivity contribution >= 4 is 92.8 Å². The molecule has 0 aliphatic carbocycles. The molecule has 0 aliphatic rings. The van der Waals surface area contributed by atoms with Gasteiger partial charge in [-0.05, 0) is 6.07 Å². The summed E-state index contributed by atoms with van der Waals surface area (Å²) in [6.07, 6.45) is 1.35. The lowest BCUT2D eigenvalue weighted by Crippen LogP contribution is -1.78. The van der Waals surface area contributed by atoms with Crippen LogP contribution in [0.2, 0.25) is 40.6 Å². The highest BCUT2D eigenvalue weighted by Crippen LogP contribution is 2.33. The highest BCUT2D eigenvalue weighted by Gasteiger charge is 2.07. The molecule has 0 saturated carbocycles. The molecule has 0 saturated heterocycles. The molecule has 2 heterocycles. The maximum absolute atomic E-state index is 5.59. The monoisotopic (exact) mass is 430 g/mol. The normalized spacial score (nSPS) is 10.0. The first-order valence-electron chi connectivity index (χ1n) is 4.56. The molecule has 2 nitrogen and oxygen atoms in total. The Kier molecular flexibility index (Phi) is 7.75. The molecule has 0 spiro atoms. The van der Waals surface area contributed by atoms with Crippen LogP contribution in [0, 0.1) is 0 Å². The van der Waals surface area contributed by atoms with Gasteiger partial charge in [0.15, 0.2) is 0 Å². The lowest BCUT2D eigenvalue weighted by atomic mass is 10.5. The molecule has 0 aromatic carbocycles. The van der Waals surface area contributed by atoms with Crippen molar-refractivity contribution in [2.75, 3.05) is 0 Å². The minimum atomic E-state index is 0.163. The van der Waals surface area contributed by atoms with Gasteiger partial charge >= 0.3 is 0 Å². The minimum Gasteiger partial charge on any atom is -0.241 e. The van der Waals surface area contributed by atoms with Crippen LogP contribution in [-0.2, 0) is 0 Å². The molecule has 2 aromatic heterocycles. The summed E-state index contributed by atoms with van der Waals surface area (Å²) in [5, 5.41) is 1.82. The van der Waals surface area contributed by atoms with E-state index in [9.17, 15) is 0 Å². The highest BCUT2D eigenvalue weighted by molar-refractivity contribution is 6.51. The van der Waals surface area contributed by atoms with Crippen LogP contribution in [0.4, 0.5) is 0 Å². The summed E-state index contributed by atoms with van der Waals surface area (Å²) in [6.45, 7) is 0. The summed E-state index contributed by atoms with van der Waals surface area (Å²) in [4.78, 5) is 7.30. The van der Waals surface area contributed by atoms with Gasteiger partial charge in [0.2, 0.25) is 0 Å². The molecule has 0 radical (unpaired) electrons. The molecule has 0 aliphatic heterocycles. The fraction of sp³-hybridized carbons (Fsp3) is 0. The number of halogens is 8. The quantitative estimate of drug-likeness (QED) is 0.405. The van der Waals surface area contributed by atoms with E-state index in [1.165, 1.54) is 12.3 Å². The van der Waals surface area contributed by atoms with Gasteiger partial charge in [-0.2, -0.15) is 0 Å². The molecule has 0 fully saturated rings. The van der Waals surface area contributed by atoms with E-state index in [1.54, 1.807) is 0 Å². The topological polar surface area (TPSA) is 25.8 Å². The zero-order valence-electron chi connectivity index (χ0n) is 9.07. The van der Waals surface area contributed by atoms with E-state index in [0.717, 1.165) is 0 Å². The van der Waals surface area contributed by atoms with Crippen molar-refractivity contribution in [2.24, 2.45) is 0 Å². The fourth-order valence-electron chi connectivity index (χ4n) is 0.845. The number of hydrogen-bond donors (Lipinski definition) is 0. The Hall–Kier alpha value is 0.620. The average Bonchev–Trinajstić information content (AvgIpc) is 2.39. The van der Waals surface area contributed by atoms with Crippen LogP contribution in [0.15, 0.2) is 12.3 Å². The zero-order chi connectivity index (χ0) is 15.4. The molecule has 2 rings (SSSR count). The van der Waals surface area contributed by atoms with Crippen LogP contribution in [0.3, 0.4) is 0 Å².